The highest BCUT2D eigenvalue weighted by Gasteiger charge is 2.45. The van der Waals surface area contributed by atoms with Crippen molar-refractivity contribution in [2.45, 2.75) is 44.2 Å². The van der Waals surface area contributed by atoms with Gasteiger partial charge >= 0.3 is 0 Å². The van der Waals surface area contributed by atoms with Gasteiger partial charge in [-0.3, -0.25) is 19.7 Å². The van der Waals surface area contributed by atoms with Crippen LogP contribution in [0.4, 0.5) is 4.39 Å². The molecule has 1 aromatic rings. The molecule has 7 heteroatoms. The number of carbonyl (C=O) groups excluding carboxylic acids is 3. The Kier molecular flexibility index (Phi) is 3.82. The Hall–Kier alpha value is -2.28. The first kappa shape index (κ1) is 16.9. The van der Waals surface area contributed by atoms with E-state index in [4.69, 9.17) is 0 Å². The lowest BCUT2D eigenvalue weighted by atomic mass is 9.78. The Balaban J connectivity index is 1.51. The molecule has 6 nitrogen and oxygen atoms in total. The smallest absolute Gasteiger partial charge is 0.258 e. The van der Waals surface area contributed by atoms with E-state index in [0.717, 1.165) is 37.1 Å². The van der Waals surface area contributed by atoms with Gasteiger partial charge in [-0.05, 0) is 67.3 Å². The van der Waals surface area contributed by atoms with Crippen molar-refractivity contribution in [3.8, 4) is 0 Å². The van der Waals surface area contributed by atoms with Crippen molar-refractivity contribution in [2.75, 3.05) is 13.1 Å². The van der Waals surface area contributed by atoms with E-state index in [-0.39, 0.29) is 24.4 Å². The van der Waals surface area contributed by atoms with Gasteiger partial charge < -0.3 is 10.2 Å². The Labute approximate surface area is 156 Å². The van der Waals surface area contributed by atoms with Crippen LogP contribution in [-0.4, -0.2) is 41.8 Å². The van der Waals surface area contributed by atoms with Crippen molar-refractivity contribution < 1.29 is 18.8 Å². The summed E-state index contributed by atoms with van der Waals surface area (Å²) in [6.07, 6.45) is 2.79. The number of carbonyl (C=O) groups is 3. The average Bonchev–Trinajstić information content (AvgIpc) is 3.09. The molecule has 0 aromatic heterocycles. The summed E-state index contributed by atoms with van der Waals surface area (Å²) in [5.74, 6) is -0.365. The molecule has 0 spiro atoms. The molecular weight excluding hydrogens is 349 g/mol. The number of hydrogen-bond acceptors (Lipinski definition) is 4. The Morgan fingerprint density at radius 2 is 1.78 bits per heavy atom. The number of benzene rings is 1. The molecule has 4 aliphatic rings. The molecule has 1 saturated carbocycles. The van der Waals surface area contributed by atoms with Crippen LogP contribution in [0.1, 0.15) is 53.1 Å². The highest BCUT2D eigenvalue weighted by atomic mass is 19.1. The van der Waals surface area contributed by atoms with Crippen molar-refractivity contribution >= 4 is 17.7 Å². The number of fused-ring (bicyclic) bond motifs is 3. The maximum atomic E-state index is 14.6. The van der Waals surface area contributed by atoms with Crippen LogP contribution < -0.4 is 10.6 Å². The normalized spacial score (nSPS) is 32.6. The van der Waals surface area contributed by atoms with E-state index in [9.17, 15) is 18.8 Å². The van der Waals surface area contributed by atoms with Crippen LogP contribution in [-0.2, 0) is 16.1 Å². The monoisotopic (exact) mass is 371 g/mol. The summed E-state index contributed by atoms with van der Waals surface area (Å²) in [5.41, 5.74) is 1.94. The van der Waals surface area contributed by atoms with Crippen LogP contribution in [0.3, 0.4) is 0 Å². The van der Waals surface area contributed by atoms with Gasteiger partial charge in [0.05, 0.1) is 5.56 Å². The molecule has 3 fully saturated rings. The summed E-state index contributed by atoms with van der Waals surface area (Å²) in [5, 5.41) is 5.77. The maximum Gasteiger partial charge on any atom is 0.258 e. The van der Waals surface area contributed by atoms with Gasteiger partial charge in [-0.15, -0.1) is 0 Å². The fraction of sp³-hybridized carbons (Fsp3) is 0.550. The zero-order valence-corrected chi connectivity index (χ0v) is 15.0. The number of nitrogens with one attached hydrogen (secondary N) is 2. The molecule has 3 heterocycles. The van der Waals surface area contributed by atoms with Gasteiger partial charge in [0.25, 0.3) is 5.91 Å². The Morgan fingerprint density at radius 3 is 2.48 bits per heavy atom. The summed E-state index contributed by atoms with van der Waals surface area (Å²) in [7, 11) is 0. The Morgan fingerprint density at radius 1 is 1.04 bits per heavy atom. The molecule has 27 heavy (non-hydrogen) atoms. The van der Waals surface area contributed by atoms with Gasteiger partial charge in [0.2, 0.25) is 11.8 Å². The van der Waals surface area contributed by atoms with Gasteiger partial charge in [0, 0.05) is 13.0 Å². The lowest BCUT2D eigenvalue weighted by Crippen LogP contribution is -2.52. The molecule has 5 rings (SSSR count). The number of imide groups is 1. The predicted octanol–water partition coefficient (Wildman–Crippen LogP) is 1.30. The van der Waals surface area contributed by atoms with E-state index in [1.807, 2.05) is 6.07 Å². The van der Waals surface area contributed by atoms with Gasteiger partial charge in [-0.1, -0.05) is 6.07 Å². The maximum absolute atomic E-state index is 14.6. The minimum Gasteiger partial charge on any atom is -0.322 e. The molecule has 3 aliphatic heterocycles. The molecule has 2 saturated heterocycles. The molecule has 3 unspecified atom stereocenters. The van der Waals surface area contributed by atoms with Crippen molar-refractivity contribution in [3.63, 3.8) is 0 Å². The van der Waals surface area contributed by atoms with Crippen molar-refractivity contribution in [2.24, 2.45) is 11.8 Å². The first-order valence-corrected chi connectivity index (χ1v) is 9.71. The molecule has 3 atom stereocenters. The summed E-state index contributed by atoms with van der Waals surface area (Å²) in [6, 6.07) is 2.54. The summed E-state index contributed by atoms with van der Waals surface area (Å²) in [6.45, 7) is 2.16. The summed E-state index contributed by atoms with van der Waals surface area (Å²) in [4.78, 5) is 38.1. The standard InChI is InChI=1S/C20H22FN3O3/c21-14-4-3-12(17-10-1-2-11(17)8-22-7-10)13-9-24(20(27)18(13)14)15-5-6-16(25)23-19(15)26/h3-4,10-11,15,17,22H,1-2,5-9H2,(H,23,25,26). The summed E-state index contributed by atoms with van der Waals surface area (Å²) < 4.78 is 14.6. The van der Waals surface area contributed by atoms with Crippen molar-refractivity contribution in [1.29, 1.82) is 0 Å². The van der Waals surface area contributed by atoms with E-state index in [0.29, 0.717) is 24.2 Å². The molecule has 2 bridgehead atoms. The van der Waals surface area contributed by atoms with Crippen LogP contribution in [0.25, 0.3) is 0 Å². The van der Waals surface area contributed by atoms with Crippen LogP contribution in [0, 0.1) is 17.7 Å². The number of rotatable bonds is 2. The summed E-state index contributed by atoms with van der Waals surface area (Å²) >= 11 is 0. The number of piperidine rings is 2. The fourth-order valence-corrected chi connectivity index (χ4v) is 5.56. The fourth-order valence-electron chi connectivity index (χ4n) is 5.56. The second-order valence-electron chi connectivity index (χ2n) is 8.17. The first-order chi connectivity index (χ1) is 13.0. The molecule has 1 aromatic carbocycles. The quantitative estimate of drug-likeness (QED) is 0.768. The number of hydrogen-bond donors (Lipinski definition) is 2. The minimum atomic E-state index is -0.709. The van der Waals surface area contributed by atoms with Gasteiger partial charge in [0.1, 0.15) is 11.9 Å². The molecule has 2 N–H and O–H groups in total. The van der Waals surface area contributed by atoms with E-state index in [1.54, 1.807) is 0 Å². The second-order valence-corrected chi connectivity index (χ2v) is 8.17. The number of amides is 3. The van der Waals surface area contributed by atoms with Crippen molar-refractivity contribution in [3.05, 3.63) is 34.6 Å². The van der Waals surface area contributed by atoms with Gasteiger partial charge in [-0.25, -0.2) is 4.39 Å². The number of nitrogens with zero attached hydrogens (tertiary/aromatic N) is 1. The average molecular weight is 371 g/mol. The highest BCUT2D eigenvalue weighted by Crippen LogP contribution is 2.48. The van der Waals surface area contributed by atoms with Crippen LogP contribution in [0.5, 0.6) is 0 Å². The minimum absolute atomic E-state index is 0.120. The third kappa shape index (κ3) is 2.51. The third-order valence-corrected chi connectivity index (χ3v) is 6.78. The molecule has 3 amide bonds. The van der Waals surface area contributed by atoms with Gasteiger partial charge in [0.15, 0.2) is 0 Å². The van der Waals surface area contributed by atoms with Crippen molar-refractivity contribution in [1.82, 2.24) is 15.5 Å². The van der Waals surface area contributed by atoms with Gasteiger partial charge in [-0.2, -0.15) is 0 Å². The molecule has 142 valence electrons. The van der Waals surface area contributed by atoms with E-state index >= 15 is 0 Å². The lowest BCUT2D eigenvalue weighted by molar-refractivity contribution is -0.136. The highest BCUT2D eigenvalue weighted by molar-refractivity contribution is 6.05. The number of halogens is 1. The second kappa shape index (κ2) is 6.12. The largest absolute Gasteiger partial charge is 0.322 e. The zero-order chi connectivity index (χ0) is 18.7. The van der Waals surface area contributed by atoms with Crippen LogP contribution in [0.2, 0.25) is 0 Å². The molecule has 1 aliphatic carbocycles. The predicted molar refractivity (Wildman–Crippen MR) is 94.3 cm³/mol. The topological polar surface area (TPSA) is 78.5 Å². The van der Waals surface area contributed by atoms with E-state index < -0.39 is 23.7 Å². The lowest BCUT2D eigenvalue weighted by Gasteiger charge is -2.33. The van der Waals surface area contributed by atoms with E-state index in [1.165, 1.54) is 11.0 Å². The zero-order valence-electron chi connectivity index (χ0n) is 15.0. The SMILES string of the molecule is O=C1CCC(N2Cc3c(C4C5CCC4CNC5)ccc(F)c3C2=O)C(=O)N1. The van der Waals surface area contributed by atoms with E-state index in [2.05, 4.69) is 10.6 Å². The van der Waals surface area contributed by atoms with Crippen LogP contribution >= 0.6 is 0 Å². The third-order valence-electron chi connectivity index (χ3n) is 6.78. The Bertz CT molecular complexity index is 839. The van der Waals surface area contributed by atoms with Crippen LogP contribution in [0.15, 0.2) is 12.1 Å². The molecule has 0 radical (unpaired) electrons. The first-order valence-electron chi connectivity index (χ1n) is 9.71. The molecular formula is C20H22FN3O3.